The Bertz CT molecular complexity index is 1130. The zero-order chi connectivity index (χ0) is 18.3. The van der Waals surface area contributed by atoms with Crippen LogP contribution in [0.15, 0.2) is 53.0 Å². The van der Waals surface area contributed by atoms with Crippen LogP contribution in [0.3, 0.4) is 0 Å². The van der Waals surface area contributed by atoms with E-state index in [1.165, 1.54) is 0 Å². The number of nitrogens with zero attached hydrogens (tertiary/aromatic N) is 3. The minimum atomic E-state index is -0.153. The number of halogens is 1. The summed E-state index contributed by atoms with van der Waals surface area (Å²) in [6.45, 7) is 3.97. The van der Waals surface area contributed by atoms with E-state index in [1.807, 2.05) is 61.0 Å². The number of rotatable bonds is 3. The zero-order valence-electron chi connectivity index (χ0n) is 14.2. The van der Waals surface area contributed by atoms with Crippen molar-refractivity contribution in [2.24, 2.45) is 0 Å². The van der Waals surface area contributed by atoms with Gasteiger partial charge in [-0.3, -0.25) is 4.79 Å². The Kier molecular flexibility index (Phi) is 4.34. The predicted octanol–water partition coefficient (Wildman–Crippen LogP) is 5.11. The average molecular weight is 427 g/mol. The molecule has 5 nitrogen and oxygen atoms in total. The van der Waals surface area contributed by atoms with Gasteiger partial charge in [0, 0.05) is 15.9 Å². The third-order valence-corrected chi connectivity index (χ3v) is 5.63. The fourth-order valence-electron chi connectivity index (χ4n) is 2.75. The molecule has 1 N–H and O–H groups in total. The van der Waals surface area contributed by atoms with Crippen LogP contribution in [0, 0.1) is 13.8 Å². The molecule has 0 aliphatic heterocycles. The highest BCUT2D eigenvalue weighted by atomic mass is 79.9. The van der Waals surface area contributed by atoms with Crippen molar-refractivity contribution in [1.29, 1.82) is 0 Å². The minimum absolute atomic E-state index is 0.153. The molecule has 2 aromatic heterocycles. The summed E-state index contributed by atoms with van der Waals surface area (Å²) in [5.41, 5.74) is 4.23. The van der Waals surface area contributed by atoms with E-state index in [1.54, 1.807) is 17.4 Å². The molecule has 0 atom stereocenters. The van der Waals surface area contributed by atoms with E-state index < -0.39 is 0 Å². The Morgan fingerprint density at radius 1 is 1.15 bits per heavy atom. The number of aromatic nitrogens is 3. The van der Waals surface area contributed by atoms with Gasteiger partial charge in [0.15, 0.2) is 0 Å². The highest BCUT2D eigenvalue weighted by Gasteiger charge is 2.12. The van der Waals surface area contributed by atoms with Crippen LogP contribution >= 0.6 is 27.3 Å². The number of thiazole rings is 1. The molecule has 0 aliphatic rings. The summed E-state index contributed by atoms with van der Waals surface area (Å²) in [5, 5.41) is 8.25. The summed E-state index contributed by atoms with van der Waals surface area (Å²) >= 11 is 4.96. The SMILES string of the molecule is Cc1cc(C)n(-c2nc3ccc(NC(=O)c4ccccc4Br)cc3s2)n1. The van der Waals surface area contributed by atoms with Crippen LogP contribution in [-0.2, 0) is 0 Å². The van der Waals surface area contributed by atoms with Crippen molar-refractivity contribution in [2.45, 2.75) is 13.8 Å². The largest absolute Gasteiger partial charge is 0.322 e. The van der Waals surface area contributed by atoms with Gasteiger partial charge in [-0.15, -0.1) is 0 Å². The maximum Gasteiger partial charge on any atom is 0.256 e. The average Bonchev–Trinajstić information content (AvgIpc) is 3.17. The predicted molar refractivity (Wildman–Crippen MR) is 108 cm³/mol. The number of fused-ring (bicyclic) bond motifs is 1. The zero-order valence-corrected chi connectivity index (χ0v) is 16.6. The van der Waals surface area contributed by atoms with Gasteiger partial charge in [0.1, 0.15) is 0 Å². The monoisotopic (exact) mass is 426 g/mol. The van der Waals surface area contributed by atoms with Gasteiger partial charge in [0.25, 0.3) is 5.91 Å². The smallest absolute Gasteiger partial charge is 0.256 e. The second kappa shape index (κ2) is 6.66. The standard InChI is InChI=1S/C19H15BrN4OS/c1-11-9-12(2)24(23-11)19-22-16-8-7-13(10-17(16)26-19)21-18(25)14-5-3-4-6-15(14)20/h3-10H,1-2H3,(H,21,25). The quantitative estimate of drug-likeness (QED) is 0.494. The lowest BCUT2D eigenvalue weighted by Crippen LogP contribution is -2.12. The number of nitrogens with one attached hydrogen (secondary N) is 1. The lowest BCUT2D eigenvalue weighted by molar-refractivity contribution is 0.102. The third kappa shape index (κ3) is 3.15. The van der Waals surface area contributed by atoms with Gasteiger partial charge in [-0.2, -0.15) is 5.10 Å². The van der Waals surface area contributed by atoms with E-state index in [9.17, 15) is 4.79 Å². The summed E-state index contributed by atoms with van der Waals surface area (Å²) in [4.78, 5) is 17.1. The van der Waals surface area contributed by atoms with Crippen LogP contribution < -0.4 is 5.32 Å². The van der Waals surface area contributed by atoms with Crippen LogP contribution in [0.4, 0.5) is 5.69 Å². The molecular weight excluding hydrogens is 412 g/mol. The van der Waals surface area contributed by atoms with Gasteiger partial charge >= 0.3 is 0 Å². The van der Waals surface area contributed by atoms with E-state index in [2.05, 4.69) is 31.3 Å². The number of carbonyl (C=O) groups is 1. The first-order valence-electron chi connectivity index (χ1n) is 8.01. The van der Waals surface area contributed by atoms with Crippen LogP contribution in [0.2, 0.25) is 0 Å². The molecule has 0 saturated heterocycles. The van der Waals surface area contributed by atoms with Crippen LogP contribution in [0.25, 0.3) is 15.3 Å². The molecule has 130 valence electrons. The van der Waals surface area contributed by atoms with Gasteiger partial charge in [0.2, 0.25) is 5.13 Å². The first-order valence-corrected chi connectivity index (χ1v) is 9.62. The van der Waals surface area contributed by atoms with E-state index in [-0.39, 0.29) is 5.91 Å². The van der Waals surface area contributed by atoms with E-state index in [0.29, 0.717) is 5.56 Å². The fraction of sp³-hybridized carbons (Fsp3) is 0.105. The number of hydrogen-bond donors (Lipinski definition) is 1. The van der Waals surface area contributed by atoms with Crippen LogP contribution in [0.1, 0.15) is 21.7 Å². The van der Waals surface area contributed by atoms with Crippen LogP contribution in [0.5, 0.6) is 0 Å². The second-order valence-electron chi connectivity index (χ2n) is 5.95. The molecule has 2 aromatic carbocycles. The molecule has 26 heavy (non-hydrogen) atoms. The van der Waals surface area contributed by atoms with Crippen molar-refractivity contribution >= 4 is 49.1 Å². The number of aryl methyl sites for hydroxylation is 2. The molecule has 2 heterocycles. The van der Waals surface area contributed by atoms with E-state index in [4.69, 9.17) is 0 Å². The topological polar surface area (TPSA) is 59.8 Å². The van der Waals surface area contributed by atoms with Crippen molar-refractivity contribution in [3.8, 4) is 5.13 Å². The van der Waals surface area contributed by atoms with Crippen molar-refractivity contribution < 1.29 is 4.79 Å². The number of benzene rings is 2. The maximum absolute atomic E-state index is 12.5. The molecule has 0 bridgehead atoms. The van der Waals surface area contributed by atoms with Crippen molar-refractivity contribution in [1.82, 2.24) is 14.8 Å². The third-order valence-electron chi connectivity index (χ3n) is 3.94. The number of hydrogen-bond acceptors (Lipinski definition) is 4. The van der Waals surface area contributed by atoms with Gasteiger partial charge < -0.3 is 5.32 Å². The molecule has 0 saturated carbocycles. The second-order valence-corrected chi connectivity index (χ2v) is 7.82. The Hall–Kier alpha value is -2.51. The van der Waals surface area contributed by atoms with Gasteiger partial charge in [-0.25, -0.2) is 9.67 Å². The van der Waals surface area contributed by atoms with Gasteiger partial charge in [0.05, 0.1) is 21.5 Å². The molecule has 0 radical (unpaired) electrons. The Balaban J connectivity index is 1.65. The molecule has 4 rings (SSSR count). The number of amides is 1. The normalized spacial score (nSPS) is 11.0. The summed E-state index contributed by atoms with van der Waals surface area (Å²) in [5.74, 6) is -0.153. The Morgan fingerprint density at radius 2 is 1.96 bits per heavy atom. The molecule has 0 unspecified atom stereocenters. The first-order chi connectivity index (χ1) is 12.5. The Morgan fingerprint density at radius 3 is 2.69 bits per heavy atom. The van der Waals surface area contributed by atoms with Gasteiger partial charge in [-0.05, 0) is 66.2 Å². The van der Waals surface area contributed by atoms with Crippen LogP contribution in [-0.4, -0.2) is 20.7 Å². The Labute approximate surface area is 162 Å². The summed E-state index contributed by atoms with van der Waals surface area (Å²) in [6.07, 6.45) is 0. The first kappa shape index (κ1) is 16.9. The summed E-state index contributed by atoms with van der Waals surface area (Å²) in [7, 11) is 0. The lowest BCUT2D eigenvalue weighted by atomic mass is 10.2. The molecule has 1 amide bonds. The fourth-order valence-corrected chi connectivity index (χ4v) is 4.23. The maximum atomic E-state index is 12.5. The lowest BCUT2D eigenvalue weighted by Gasteiger charge is -2.06. The van der Waals surface area contributed by atoms with Gasteiger partial charge in [-0.1, -0.05) is 23.5 Å². The van der Waals surface area contributed by atoms with Crippen molar-refractivity contribution in [3.63, 3.8) is 0 Å². The highest BCUT2D eigenvalue weighted by molar-refractivity contribution is 9.10. The number of carbonyl (C=O) groups excluding carboxylic acids is 1. The molecule has 7 heteroatoms. The van der Waals surface area contributed by atoms with Crippen molar-refractivity contribution in [3.05, 3.63) is 70.0 Å². The molecular formula is C19H15BrN4OS. The molecule has 0 fully saturated rings. The number of anilines is 1. The molecule has 0 spiro atoms. The summed E-state index contributed by atoms with van der Waals surface area (Å²) in [6, 6.07) is 15.1. The molecule has 0 aliphatic carbocycles. The summed E-state index contributed by atoms with van der Waals surface area (Å²) < 4.78 is 3.61. The van der Waals surface area contributed by atoms with Crippen molar-refractivity contribution in [2.75, 3.05) is 5.32 Å². The minimum Gasteiger partial charge on any atom is -0.322 e. The highest BCUT2D eigenvalue weighted by Crippen LogP contribution is 2.28. The van der Waals surface area contributed by atoms with E-state index >= 15 is 0 Å². The van der Waals surface area contributed by atoms with E-state index in [0.717, 1.165) is 36.9 Å². The molecule has 4 aromatic rings.